The van der Waals surface area contributed by atoms with Crippen molar-refractivity contribution in [3.8, 4) is 0 Å². The minimum absolute atomic E-state index is 0.311. The second-order valence-corrected chi connectivity index (χ2v) is 3.69. The molecule has 1 aromatic rings. The number of carbonyl (C=O) groups excluding carboxylic acids is 1. The van der Waals surface area contributed by atoms with E-state index in [0.717, 1.165) is 18.4 Å². The number of aryl methyl sites for hydroxylation is 1. The zero-order valence-corrected chi connectivity index (χ0v) is 10.0. The van der Waals surface area contributed by atoms with Crippen molar-refractivity contribution in [2.45, 2.75) is 39.5 Å². The number of hydrogen-bond acceptors (Lipinski definition) is 3. The van der Waals surface area contributed by atoms with E-state index >= 15 is 0 Å². The molecule has 0 atom stereocenters. The van der Waals surface area contributed by atoms with Gasteiger partial charge in [-0.05, 0) is 31.4 Å². The van der Waals surface area contributed by atoms with E-state index in [1.54, 1.807) is 13.1 Å². The third-order valence-electron chi connectivity index (χ3n) is 2.41. The van der Waals surface area contributed by atoms with Gasteiger partial charge in [0.25, 0.3) is 0 Å². The van der Waals surface area contributed by atoms with Gasteiger partial charge >= 0.3 is 5.97 Å². The van der Waals surface area contributed by atoms with E-state index in [1.165, 1.54) is 12.8 Å². The fourth-order valence-electron chi connectivity index (χ4n) is 1.59. The van der Waals surface area contributed by atoms with Gasteiger partial charge in [-0.2, -0.15) is 0 Å². The second kappa shape index (κ2) is 6.99. The topological polar surface area (TPSA) is 39.2 Å². The monoisotopic (exact) mass is 221 g/mol. The number of ether oxygens (including phenoxy) is 1. The van der Waals surface area contributed by atoms with Crippen molar-refractivity contribution in [2.75, 3.05) is 6.61 Å². The molecule has 0 fully saturated rings. The third kappa shape index (κ3) is 3.65. The molecule has 1 heterocycles. The van der Waals surface area contributed by atoms with E-state index in [-0.39, 0.29) is 5.97 Å². The van der Waals surface area contributed by atoms with Gasteiger partial charge in [-0.15, -0.1) is 0 Å². The molecule has 0 bridgehead atoms. The summed E-state index contributed by atoms with van der Waals surface area (Å²) >= 11 is 0. The van der Waals surface area contributed by atoms with Crippen LogP contribution in [0, 0.1) is 0 Å². The number of unbranched alkanes of at least 4 members (excludes halogenated alkanes) is 2. The van der Waals surface area contributed by atoms with Gasteiger partial charge in [-0.1, -0.05) is 25.8 Å². The van der Waals surface area contributed by atoms with Gasteiger partial charge in [0, 0.05) is 6.20 Å². The zero-order chi connectivity index (χ0) is 11.8. The van der Waals surface area contributed by atoms with Gasteiger partial charge in [0.2, 0.25) is 0 Å². The van der Waals surface area contributed by atoms with Crippen LogP contribution >= 0.6 is 0 Å². The first kappa shape index (κ1) is 12.7. The normalized spacial score (nSPS) is 10.1. The lowest BCUT2D eigenvalue weighted by Crippen LogP contribution is -2.10. The van der Waals surface area contributed by atoms with E-state index in [1.807, 2.05) is 12.1 Å². The molecule has 0 spiro atoms. The molecule has 1 aromatic heterocycles. The van der Waals surface area contributed by atoms with Gasteiger partial charge < -0.3 is 4.74 Å². The van der Waals surface area contributed by atoms with Gasteiger partial charge in [-0.3, -0.25) is 0 Å². The highest BCUT2D eigenvalue weighted by Crippen LogP contribution is 2.11. The highest BCUT2D eigenvalue weighted by Gasteiger charge is 2.12. The third-order valence-corrected chi connectivity index (χ3v) is 2.41. The molecule has 1 rings (SSSR count). The quantitative estimate of drug-likeness (QED) is 0.547. The minimum atomic E-state index is -0.311. The van der Waals surface area contributed by atoms with E-state index in [9.17, 15) is 4.79 Å². The molecule has 0 aromatic carbocycles. The summed E-state index contributed by atoms with van der Waals surface area (Å²) in [4.78, 5) is 15.7. The molecule has 0 radical (unpaired) electrons. The minimum Gasteiger partial charge on any atom is -0.461 e. The number of nitrogens with zero attached hydrogens (tertiary/aromatic N) is 1. The SMILES string of the molecule is CCCCCc1cccnc1C(=O)OCC. The van der Waals surface area contributed by atoms with Crippen LogP contribution < -0.4 is 0 Å². The van der Waals surface area contributed by atoms with Gasteiger partial charge in [-0.25, -0.2) is 9.78 Å². The summed E-state index contributed by atoms with van der Waals surface area (Å²) < 4.78 is 4.97. The standard InChI is InChI=1S/C13H19NO2/c1-3-5-6-8-11-9-7-10-14-12(11)13(15)16-4-2/h7,9-10H,3-6,8H2,1-2H3. The van der Waals surface area contributed by atoms with Crippen LogP contribution in [0.4, 0.5) is 0 Å². The molecule has 16 heavy (non-hydrogen) atoms. The Bertz CT molecular complexity index is 336. The van der Waals surface area contributed by atoms with Crippen molar-refractivity contribution in [1.82, 2.24) is 4.98 Å². The van der Waals surface area contributed by atoms with Crippen LogP contribution in [0.15, 0.2) is 18.3 Å². The van der Waals surface area contributed by atoms with E-state index in [2.05, 4.69) is 11.9 Å². The van der Waals surface area contributed by atoms with E-state index < -0.39 is 0 Å². The van der Waals surface area contributed by atoms with Crippen molar-refractivity contribution in [1.29, 1.82) is 0 Å². The second-order valence-electron chi connectivity index (χ2n) is 3.69. The van der Waals surface area contributed by atoms with Crippen molar-refractivity contribution in [3.63, 3.8) is 0 Å². The average Bonchev–Trinajstić information content (AvgIpc) is 2.30. The van der Waals surface area contributed by atoms with Crippen LogP contribution in [-0.2, 0) is 11.2 Å². The summed E-state index contributed by atoms with van der Waals surface area (Å²) in [7, 11) is 0. The molecule has 0 saturated carbocycles. The molecule has 88 valence electrons. The maximum absolute atomic E-state index is 11.6. The number of hydrogen-bond donors (Lipinski definition) is 0. The molecule has 0 aliphatic carbocycles. The summed E-state index contributed by atoms with van der Waals surface area (Å²) in [5.41, 5.74) is 1.47. The van der Waals surface area contributed by atoms with Crippen molar-refractivity contribution in [2.24, 2.45) is 0 Å². The van der Waals surface area contributed by atoms with Crippen LogP contribution in [-0.4, -0.2) is 17.6 Å². The smallest absolute Gasteiger partial charge is 0.357 e. The highest BCUT2D eigenvalue weighted by molar-refractivity contribution is 5.88. The Kier molecular flexibility index (Phi) is 5.54. The summed E-state index contributed by atoms with van der Waals surface area (Å²) in [6, 6.07) is 3.82. The Morgan fingerprint density at radius 1 is 1.38 bits per heavy atom. The van der Waals surface area contributed by atoms with Crippen molar-refractivity contribution in [3.05, 3.63) is 29.6 Å². The van der Waals surface area contributed by atoms with Crippen LogP contribution in [0.25, 0.3) is 0 Å². The number of aromatic nitrogens is 1. The Hall–Kier alpha value is -1.38. The van der Waals surface area contributed by atoms with Crippen LogP contribution in [0.5, 0.6) is 0 Å². The number of rotatable bonds is 6. The first-order valence-corrected chi connectivity index (χ1v) is 5.90. The zero-order valence-electron chi connectivity index (χ0n) is 10.0. The van der Waals surface area contributed by atoms with Crippen LogP contribution in [0.2, 0.25) is 0 Å². The number of carbonyl (C=O) groups is 1. The largest absolute Gasteiger partial charge is 0.461 e. The molecule has 0 N–H and O–H groups in total. The summed E-state index contributed by atoms with van der Waals surface area (Å²) in [5, 5.41) is 0. The fraction of sp³-hybridized carbons (Fsp3) is 0.538. The lowest BCUT2D eigenvalue weighted by atomic mass is 10.1. The average molecular weight is 221 g/mol. The lowest BCUT2D eigenvalue weighted by molar-refractivity contribution is 0.0518. The van der Waals surface area contributed by atoms with E-state index in [4.69, 9.17) is 4.74 Å². The predicted molar refractivity (Wildman–Crippen MR) is 63.4 cm³/mol. The van der Waals surface area contributed by atoms with Crippen LogP contribution in [0.1, 0.15) is 49.2 Å². The maximum Gasteiger partial charge on any atom is 0.357 e. The van der Waals surface area contributed by atoms with Gasteiger partial charge in [0.15, 0.2) is 5.69 Å². The molecular formula is C13H19NO2. The fourth-order valence-corrected chi connectivity index (χ4v) is 1.59. The molecule has 0 saturated heterocycles. The highest BCUT2D eigenvalue weighted by atomic mass is 16.5. The Labute approximate surface area is 96.8 Å². The molecule has 0 aliphatic heterocycles. The molecule has 0 amide bonds. The summed E-state index contributed by atoms with van der Waals surface area (Å²) in [6.07, 6.45) is 5.98. The number of esters is 1. The molecule has 0 unspecified atom stereocenters. The van der Waals surface area contributed by atoms with Crippen molar-refractivity contribution >= 4 is 5.97 Å². The van der Waals surface area contributed by atoms with Gasteiger partial charge in [0.05, 0.1) is 6.61 Å². The summed E-state index contributed by atoms with van der Waals surface area (Å²) in [5.74, 6) is -0.311. The first-order valence-electron chi connectivity index (χ1n) is 5.90. The Balaban J connectivity index is 2.71. The lowest BCUT2D eigenvalue weighted by Gasteiger charge is -2.06. The van der Waals surface area contributed by atoms with E-state index in [0.29, 0.717) is 12.3 Å². The first-order chi connectivity index (χ1) is 7.79. The predicted octanol–water partition coefficient (Wildman–Crippen LogP) is 2.99. The number of pyridine rings is 1. The van der Waals surface area contributed by atoms with Crippen molar-refractivity contribution < 1.29 is 9.53 Å². The molecule has 3 nitrogen and oxygen atoms in total. The molecular weight excluding hydrogens is 202 g/mol. The molecule has 3 heteroatoms. The van der Waals surface area contributed by atoms with Gasteiger partial charge in [0.1, 0.15) is 0 Å². The van der Waals surface area contributed by atoms with Crippen LogP contribution in [0.3, 0.4) is 0 Å². The Morgan fingerprint density at radius 3 is 2.88 bits per heavy atom. The maximum atomic E-state index is 11.6. The molecule has 0 aliphatic rings. The Morgan fingerprint density at radius 2 is 2.19 bits per heavy atom. The summed E-state index contributed by atoms with van der Waals surface area (Å²) in [6.45, 7) is 4.36.